The third-order valence-corrected chi connectivity index (χ3v) is 3.73. The summed E-state index contributed by atoms with van der Waals surface area (Å²) >= 11 is 6.85. The Bertz CT molecular complexity index is 704. The molecule has 1 heterocycles. The zero-order chi connectivity index (χ0) is 12.7. The van der Waals surface area contributed by atoms with Crippen molar-refractivity contribution in [2.45, 2.75) is 0 Å². The Kier molecular flexibility index (Phi) is 2.87. The first-order valence-corrected chi connectivity index (χ1v) is 6.84. The Balaban J connectivity index is 2.26. The van der Waals surface area contributed by atoms with Gasteiger partial charge in [0.05, 0.1) is 11.3 Å². The number of fused-ring (bicyclic) bond motifs is 1. The number of halogens is 2. The second kappa shape index (κ2) is 4.40. The fraction of sp³-hybridized carbons (Fsp3) is 0. The average Bonchev–Trinajstić information content (AvgIpc) is 2.77. The number of hydrogen-bond acceptors (Lipinski definition) is 3. The maximum Gasteiger partial charge on any atom is 0.229 e. The summed E-state index contributed by atoms with van der Waals surface area (Å²) < 4.78 is 7.44. The van der Waals surface area contributed by atoms with E-state index in [0.29, 0.717) is 11.6 Å². The molecule has 3 nitrogen and oxygen atoms in total. The van der Waals surface area contributed by atoms with Gasteiger partial charge in [0.15, 0.2) is 5.58 Å². The molecule has 0 atom stereocenters. The molecule has 0 saturated heterocycles. The molecule has 2 N–H and O–H groups in total. The molecule has 18 heavy (non-hydrogen) atoms. The summed E-state index contributed by atoms with van der Waals surface area (Å²) in [6.07, 6.45) is 0. The van der Waals surface area contributed by atoms with E-state index in [9.17, 15) is 0 Å². The molecule has 0 aliphatic heterocycles. The number of aromatic nitrogens is 1. The molecule has 0 aliphatic rings. The van der Waals surface area contributed by atoms with Gasteiger partial charge >= 0.3 is 0 Å². The lowest BCUT2D eigenvalue weighted by Crippen LogP contribution is -1.92. The number of hydrogen-bond donors (Lipinski definition) is 1. The Labute approximate surface area is 120 Å². The van der Waals surface area contributed by atoms with Crippen molar-refractivity contribution >= 4 is 48.6 Å². The van der Waals surface area contributed by atoms with Crippen molar-refractivity contribution in [1.82, 2.24) is 4.98 Å². The highest BCUT2D eigenvalue weighted by Crippen LogP contribution is 2.35. The van der Waals surface area contributed by atoms with E-state index in [-0.39, 0.29) is 0 Å². The number of rotatable bonds is 1. The van der Waals surface area contributed by atoms with Gasteiger partial charge in [-0.2, -0.15) is 0 Å². The topological polar surface area (TPSA) is 52.0 Å². The zero-order valence-corrected chi connectivity index (χ0v) is 12.3. The van der Waals surface area contributed by atoms with Gasteiger partial charge in [0.1, 0.15) is 5.52 Å². The van der Waals surface area contributed by atoms with Crippen LogP contribution in [-0.2, 0) is 0 Å². The molecule has 0 aliphatic carbocycles. The fourth-order valence-corrected chi connectivity index (χ4v) is 2.97. The number of oxazole rings is 1. The van der Waals surface area contributed by atoms with Gasteiger partial charge in [-0.1, -0.05) is 28.1 Å². The highest BCUT2D eigenvalue weighted by atomic mass is 79.9. The largest absolute Gasteiger partial charge is 0.436 e. The summed E-state index contributed by atoms with van der Waals surface area (Å²) in [6.45, 7) is 0. The van der Waals surface area contributed by atoms with Gasteiger partial charge in [-0.15, -0.1) is 0 Å². The molecular weight excluding hydrogens is 360 g/mol. The van der Waals surface area contributed by atoms with Gasteiger partial charge in [-0.05, 0) is 40.2 Å². The predicted molar refractivity (Wildman–Crippen MR) is 79.3 cm³/mol. The van der Waals surface area contributed by atoms with E-state index < -0.39 is 0 Å². The van der Waals surface area contributed by atoms with E-state index in [0.717, 1.165) is 25.6 Å². The lowest BCUT2D eigenvalue weighted by Gasteiger charge is -2.04. The molecule has 0 bridgehead atoms. The normalized spacial score (nSPS) is 11.0. The van der Waals surface area contributed by atoms with Gasteiger partial charge in [0.2, 0.25) is 5.89 Å². The first-order chi connectivity index (χ1) is 8.65. The lowest BCUT2D eigenvalue weighted by molar-refractivity contribution is 0.620. The van der Waals surface area contributed by atoms with Crippen LogP contribution in [0.2, 0.25) is 0 Å². The van der Waals surface area contributed by atoms with E-state index in [1.54, 1.807) is 0 Å². The number of nitrogens with two attached hydrogens (primary N) is 1. The molecule has 3 rings (SSSR count). The highest BCUT2D eigenvalue weighted by Gasteiger charge is 2.13. The molecule has 0 saturated carbocycles. The van der Waals surface area contributed by atoms with Crippen LogP contribution in [0.25, 0.3) is 22.6 Å². The van der Waals surface area contributed by atoms with Crippen molar-refractivity contribution in [1.29, 1.82) is 0 Å². The molecule has 1 aromatic heterocycles. The van der Waals surface area contributed by atoms with E-state index in [1.807, 2.05) is 36.4 Å². The first-order valence-electron chi connectivity index (χ1n) is 5.25. The smallest absolute Gasteiger partial charge is 0.229 e. The first kappa shape index (κ1) is 11.7. The SMILES string of the molecule is Nc1c(Br)cc(Br)cc1-c1nc2ccccc2o1. The Morgan fingerprint density at radius 1 is 1.11 bits per heavy atom. The molecule has 0 fully saturated rings. The van der Waals surface area contributed by atoms with Crippen molar-refractivity contribution in [3.63, 3.8) is 0 Å². The van der Waals surface area contributed by atoms with Gasteiger partial charge in [-0.25, -0.2) is 4.98 Å². The molecular formula is C13H8Br2N2O. The molecule has 5 heteroatoms. The van der Waals surface area contributed by atoms with Gasteiger partial charge in [0, 0.05) is 8.95 Å². The third-order valence-electron chi connectivity index (χ3n) is 2.62. The monoisotopic (exact) mass is 366 g/mol. The second-order valence-corrected chi connectivity index (χ2v) is 5.61. The number of nitrogen functional groups attached to an aromatic ring is 1. The van der Waals surface area contributed by atoms with Crippen molar-refractivity contribution in [3.05, 3.63) is 45.3 Å². The molecule has 0 unspecified atom stereocenters. The highest BCUT2D eigenvalue weighted by molar-refractivity contribution is 9.11. The maximum absolute atomic E-state index is 6.04. The second-order valence-electron chi connectivity index (χ2n) is 3.84. The van der Waals surface area contributed by atoms with Gasteiger partial charge in [-0.3, -0.25) is 0 Å². The summed E-state index contributed by atoms with van der Waals surface area (Å²) in [6, 6.07) is 11.4. The predicted octanol–water partition coefficient (Wildman–Crippen LogP) is 4.60. The molecule has 2 aromatic carbocycles. The van der Waals surface area contributed by atoms with Crippen molar-refractivity contribution in [2.24, 2.45) is 0 Å². The number of para-hydroxylation sites is 2. The minimum absolute atomic E-state index is 0.524. The van der Waals surface area contributed by atoms with Crippen molar-refractivity contribution in [2.75, 3.05) is 5.73 Å². The van der Waals surface area contributed by atoms with E-state index >= 15 is 0 Å². The minimum atomic E-state index is 0.524. The van der Waals surface area contributed by atoms with Crippen LogP contribution in [-0.4, -0.2) is 4.98 Å². The Morgan fingerprint density at radius 3 is 2.67 bits per heavy atom. The summed E-state index contributed by atoms with van der Waals surface area (Å²) in [7, 11) is 0. The number of benzene rings is 2. The van der Waals surface area contributed by atoms with Gasteiger partial charge < -0.3 is 10.2 Å². The number of anilines is 1. The molecule has 0 radical (unpaired) electrons. The Morgan fingerprint density at radius 2 is 1.89 bits per heavy atom. The van der Waals surface area contributed by atoms with Crippen LogP contribution in [0.5, 0.6) is 0 Å². The fourth-order valence-electron chi connectivity index (χ4n) is 1.75. The summed E-state index contributed by atoms with van der Waals surface area (Å²) in [5.41, 5.74) is 9.00. The molecule has 0 amide bonds. The van der Waals surface area contributed by atoms with E-state index in [1.165, 1.54) is 0 Å². The standard InChI is InChI=1S/C13H8Br2N2O/c14-7-5-8(12(16)9(15)6-7)13-17-10-3-1-2-4-11(10)18-13/h1-6H,16H2. The van der Waals surface area contributed by atoms with Crippen LogP contribution >= 0.6 is 31.9 Å². The van der Waals surface area contributed by atoms with Crippen LogP contribution in [0, 0.1) is 0 Å². The van der Waals surface area contributed by atoms with E-state index in [2.05, 4.69) is 36.8 Å². The third kappa shape index (κ3) is 1.93. The number of nitrogens with zero attached hydrogens (tertiary/aromatic N) is 1. The minimum Gasteiger partial charge on any atom is -0.436 e. The zero-order valence-electron chi connectivity index (χ0n) is 9.15. The van der Waals surface area contributed by atoms with Crippen LogP contribution in [0.4, 0.5) is 5.69 Å². The molecule has 3 aromatic rings. The quantitative estimate of drug-likeness (QED) is 0.639. The van der Waals surface area contributed by atoms with Crippen LogP contribution in [0.1, 0.15) is 0 Å². The summed E-state index contributed by atoms with van der Waals surface area (Å²) in [5, 5.41) is 0. The summed E-state index contributed by atoms with van der Waals surface area (Å²) in [5.74, 6) is 0.524. The van der Waals surface area contributed by atoms with Crippen LogP contribution in [0.15, 0.2) is 49.8 Å². The lowest BCUT2D eigenvalue weighted by atomic mass is 10.2. The maximum atomic E-state index is 6.04. The molecule has 90 valence electrons. The molecule has 0 spiro atoms. The average molecular weight is 368 g/mol. The summed E-state index contributed by atoms with van der Waals surface area (Å²) in [4.78, 5) is 4.44. The van der Waals surface area contributed by atoms with Crippen molar-refractivity contribution < 1.29 is 4.42 Å². The van der Waals surface area contributed by atoms with Gasteiger partial charge in [0.25, 0.3) is 0 Å². The van der Waals surface area contributed by atoms with E-state index in [4.69, 9.17) is 10.2 Å². The van der Waals surface area contributed by atoms with Crippen LogP contribution < -0.4 is 5.73 Å². The van der Waals surface area contributed by atoms with Crippen LogP contribution in [0.3, 0.4) is 0 Å². The Hall–Kier alpha value is -1.33. The van der Waals surface area contributed by atoms with Crippen molar-refractivity contribution in [3.8, 4) is 11.5 Å².